The summed E-state index contributed by atoms with van der Waals surface area (Å²) in [6.45, 7) is 2.64. The predicted octanol–water partition coefficient (Wildman–Crippen LogP) is 0.348. The summed E-state index contributed by atoms with van der Waals surface area (Å²) in [4.78, 5) is 17.6. The van der Waals surface area contributed by atoms with Crippen LogP contribution < -0.4 is 5.32 Å². The highest BCUT2D eigenvalue weighted by atomic mass is 16.2. The summed E-state index contributed by atoms with van der Waals surface area (Å²) >= 11 is 0. The van der Waals surface area contributed by atoms with E-state index in [0.717, 1.165) is 44.9 Å². The average molecular weight is 181 g/mol. The van der Waals surface area contributed by atoms with Crippen molar-refractivity contribution < 1.29 is 4.79 Å². The lowest BCUT2D eigenvalue weighted by molar-refractivity contribution is -0.129. The van der Waals surface area contributed by atoms with Gasteiger partial charge in [-0.1, -0.05) is 0 Å². The van der Waals surface area contributed by atoms with Gasteiger partial charge in [-0.2, -0.15) is 0 Å². The molecule has 0 radical (unpaired) electrons. The Morgan fingerprint density at radius 2 is 2.23 bits per heavy atom. The highest BCUT2D eigenvalue weighted by Crippen LogP contribution is 2.11. The molecule has 0 aliphatic carbocycles. The van der Waals surface area contributed by atoms with Crippen LogP contribution in [0, 0.1) is 0 Å². The van der Waals surface area contributed by atoms with Crippen LogP contribution in [0.5, 0.6) is 0 Å². The van der Waals surface area contributed by atoms with E-state index in [9.17, 15) is 4.79 Å². The first kappa shape index (κ1) is 8.53. The summed E-state index contributed by atoms with van der Waals surface area (Å²) in [6.07, 6.45) is 3.89. The second-order valence-corrected chi connectivity index (χ2v) is 3.49. The van der Waals surface area contributed by atoms with Crippen LogP contribution in [-0.4, -0.2) is 36.4 Å². The summed E-state index contributed by atoms with van der Waals surface area (Å²) in [5, 5.41) is 3.17. The zero-order valence-corrected chi connectivity index (χ0v) is 7.75. The molecule has 0 aromatic rings. The van der Waals surface area contributed by atoms with E-state index in [1.54, 1.807) is 4.90 Å². The summed E-state index contributed by atoms with van der Waals surface area (Å²) in [5.41, 5.74) is 0. The molecule has 2 aliphatic heterocycles. The van der Waals surface area contributed by atoms with Crippen molar-refractivity contribution in [3.63, 3.8) is 0 Å². The van der Waals surface area contributed by atoms with Crippen molar-refractivity contribution >= 4 is 11.9 Å². The fraction of sp³-hybridized carbons (Fsp3) is 0.778. The lowest BCUT2D eigenvalue weighted by Gasteiger charge is -2.29. The maximum absolute atomic E-state index is 11.5. The SMILES string of the molecule is O=C1CCCCN1C1=NCCCN1. The van der Waals surface area contributed by atoms with Crippen LogP contribution in [0.3, 0.4) is 0 Å². The molecule has 1 fully saturated rings. The predicted molar refractivity (Wildman–Crippen MR) is 50.5 cm³/mol. The first-order chi connectivity index (χ1) is 6.38. The molecular weight excluding hydrogens is 166 g/mol. The molecule has 0 unspecified atom stereocenters. The number of nitrogens with zero attached hydrogens (tertiary/aromatic N) is 2. The summed E-state index contributed by atoms with van der Waals surface area (Å²) < 4.78 is 0. The third-order valence-electron chi connectivity index (χ3n) is 2.46. The number of carbonyl (C=O) groups is 1. The Hall–Kier alpha value is -1.06. The lowest BCUT2D eigenvalue weighted by atomic mass is 10.1. The molecule has 2 rings (SSSR count). The molecule has 0 aromatic heterocycles. The molecule has 1 amide bonds. The average Bonchev–Trinajstić information content (AvgIpc) is 2.20. The van der Waals surface area contributed by atoms with Gasteiger partial charge in [0, 0.05) is 26.1 Å². The van der Waals surface area contributed by atoms with Crippen LogP contribution in [0.1, 0.15) is 25.7 Å². The maximum Gasteiger partial charge on any atom is 0.229 e. The van der Waals surface area contributed by atoms with Gasteiger partial charge >= 0.3 is 0 Å². The Morgan fingerprint density at radius 1 is 1.31 bits per heavy atom. The third kappa shape index (κ3) is 1.82. The van der Waals surface area contributed by atoms with E-state index in [1.807, 2.05) is 0 Å². The molecule has 0 saturated carbocycles. The van der Waals surface area contributed by atoms with Gasteiger partial charge in [0.15, 0.2) is 0 Å². The Labute approximate surface area is 78.0 Å². The summed E-state index contributed by atoms with van der Waals surface area (Å²) in [6, 6.07) is 0. The van der Waals surface area contributed by atoms with E-state index in [0.29, 0.717) is 6.42 Å². The number of guanidine groups is 1. The van der Waals surface area contributed by atoms with Crippen molar-refractivity contribution in [3.8, 4) is 0 Å². The van der Waals surface area contributed by atoms with E-state index in [1.165, 1.54) is 0 Å². The van der Waals surface area contributed by atoms with Crippen molar-refractivity contribution in [1.29, 1.82) is 0 Å². The minimum absolute atomic E-state index is 0.222. The summed E-state index contributed by atoms with van der Waals surface area (Å²) in [5.74, 6) is 1.02. The van der Waals surface area contributed by atoms with Crippen molar-refractivity contribution in [2.24, 2.45) is 4.99 Å². The highest BCUT2D eigenvalue weighted by molar-refractivity contribution is 5.97. The number of hydrogen-bond acceptors (Lipinski definition) is 3. The van der Waals surface area contributed by atoms with E-state index in [4.69, 9.17) is 0 Å². The monoisotopic (exact) mass is 181 g/mol. The largest absolute Gasteiger partial charge is 0.356 e. The Morgan fingerprint density at radius 3 is 2.92 bits per heavy atom. The standard InChI is InChI=1S/C9H15N3O/c13-8-4-1-2-7-12(8)9-10-5-3-6-11-9/h1-7H2,(H,10,11). The van der Waals surface area contributed by atoms with Gasteiger partial charge in [-0.15, -0.1) is 0 Å². The molecule has 13 heavy (non-hydrogen) atoms. The van der Waals surface area contributed by atoms with Crippen LogP contribution in [0.15, 0.2) is 4.99 Å². The number of amides is 1. The molecule has 0 bridgehead atoms. The van der Waals surface area contributed by atoms with Gasteiger partial charge < -0.3 is 5.32 Å². The third-order valence-corrected chi connectivity index (χ3v) is 2.46. The van der Waals surface area contributed by atoms with Crippen LogP contribution in [0.25, 0.3) is 0 Å². The molecule has 2 aliphatic rings. The number of carbonyl (C=O) groups excluding carboxylic acids is 1. The van der Waals surface area contributed by atoms with Crippen LogP contribution in [0.2, 0.25) is 0 Å². The van der Waals surface area contributed by atoms with Crippen molar-refractivity contribution in [2.75, 3.05) is 19.6 Å². The van der Waals surface area contributed by atoms with Crippen molar-refractivity contribution in [3.05, 3.63) is 0 Å². The second-order valence-electron chi connectivity index (χ2n) is 3.49. The van der Waals surface area contributed by atoms with Gasteiger partial charge in [0.1, 0.15) is 0 Å². The molecule has 0 atom stereocenters. The molecule has 4 nitrogen and oxygen atoms in total. The fourth-order valence-corrected chi connectivity index (χ4v) is 1.73. The molecular formula is C9H15N3O. The molecule has 4 heteroatoms. The number of hydrogen-bond donors (Lipinski definition) is 1. The molecule has 1 saturated heterocycles. The number of likely N-dealkylation sites (tertiary alicyclic amines) is 1. The minimum Gasteiger partial charge on any atom is -0.356 e. The highest BCUT2D eigenvalue weighted by Gasteiger charge is 2.23. The van der Waals surface area contributed by atoms with Gasteiger partial charge in [0.25, 0.3) is 0 Å². The minimum atomic E-state index is 0.222. The smallest absolute Gasteiger partial charge is 0.229 e. The normalized spacial score (nSPS) is 23.8. The fourth-order valence-electron chi connectivity index (χ4n) is 1.73. The molecule has 0 spiro atoms. The van der Waals surface area contributed by atoms with Gasteiger partial charge in [-0.25, -0.2) is 0 Å². The lowest BCUT2D eigenvalue weighted by Crippen LogP contribution is -2.49. The Kier molecular flexibility index (Phi) is 2.47. The second kappa shape index (κ2) is 3.77. The summed E-state index contributed by atoms with van der Waals surface area (Å²) in [7, 11) is 0. The molecule has 1 N–H and O–H groups in total. The van der Waals surface area contributed by atoms with E-state index in [-0.39, 0.29) is 5.91 Å². The van der Waals surface area contributed by atoms with Gasteiger partial charge in [-0.3, -0.25) is 14.7 Å². The van der Waals surface area contributed by atoms with E-state index in [2.05, 4.69) is 10.3 Å². The van der Waals surface area contributed by atoms with Crippen molar-refractivity contribution in [2.45, 2.75) is 25.7 Å². The molecule has 0 aromatic carbocycles. The van der Waals surface area contributed by atoms with Gasteiger partial charge in [0.05, 0.1) is 0 Å². The number of nitrogens with one attached hydrogen (secondary N) is 1. The van der Waals surface area contributed by atoms with Gasteiger partial charge in [-0.05, 0) is 19.3 Å². The van der Waals surface area contributed by atoms with Crippen LogP contribution in [-0.2, 0) is 4.79 Å². The van der Waals surface area contributed by atoms with E-state index < -0.39 is 0 Å². The molecule has 72 valence electrons. The van der Waals surface area contributed by atoms with Crippen LogP contribution >= 0.6 is 0 Å². The van der Waals surface area contributed by atoms with E-state index >= 15 is 0 Å². The molecule has 2 heterocycles. The maximum atomic E-state index is 11.5. The zero-order chi connectivity index (χ0) is 9.10. The topological polar surface area (TPSA) is 44.7 Å². The number of piperidine rings is 1. The Bertz CT molecular complexity index is 237. The quantitative estimate of drug-likeness (QED) is 0.586. The number of aliphatic imine (C=N–C) groups is 1. The van der Waals surface area contributed by atoms with Gasteiger partial charge in [0.2, 0.25) is 11.9 Å². The zero-order valence-electron chi connectivity index (χ0n) is 7.75. The first-order valence-corrected chi connectivity index (χ1v) is 4.96. The Balaban J connectivity index is 2.04. The van der Waals surface area contributed by atoms with Crippen molar-refractivity contribution in [1.82, 2.24) is 10.2 Å². The number of rotatable bonds is 0. The first-order valence-electron chi connectivity index (χ1n) is 4.96. The van der Waals surface area contributed by atoms with Crippen LogP contribution in [0.4, 0.5) is 0 Å².